The van der Waals surface area contributed by atoms with Crippen molar-refractivity contribution < 1.29 is 14.3 Å². The molecule has 1 aromatic carbocycles. The van der Waals surface area contributed by atoms with Crippen LogP contribution in [0.2, 0.25) is 0 Å². The number of benzene rings is 1. The van der Waals surface area contributed by atoms with Gasteiger partial charge in [-0.2, -0.15) is 0 Å². The van der Waals surface area contributed by atoms with E-state index in [0.29, 0.717) is 12.8 Å². The molecule has 0 atom stereocenters. The van der Waals surface area contributed by atoms with Crippen LogP contribution >= 0.6 is 15.9 Å². The molecule has 0 bridgehead atoms. The lowest BCUT2D eigenvalue weighted by Gasteiger charge is -2.08. The average Bonchev–Trinajstić information content (AvgIpc) is 2.26. The van der Waals surface area contributed by atoms with Crippen LogP contribution in [0.4, 0.5) is 0 Å². The van der Waals surface area contributed by atoms with Crippen LogP contribution in [-0.4, -0.2) is 20.2 Å². The lowest BCUT2D eigenvalue weighted by atomic mass is 10.1. The fourth-order valence-corrected chi connectivity index (χ4v) is 1.60. The standard InChI is InChI=1S/C11H13BrO3/c1-14-10-7-9(12)5-3-8(10)4-6-11(13)15-2/h3,5,7H,4,6H2,1-2H3. The van der Waals surface area contributed by atoms with Gasteiger partial charge in [-0.05, 0) is 24.1 Å². The molecule has 0 N–H and O–H groups in total. The summed E-state index contributed by atoms with van der Waals surface area (Å²) in [7, 11) is 3.00. The smallest absolute Gasteiger partial charge is 0.305 e. The number of carbonyl (C=O) groups is 1. The van der Waals surface area contributed by atoms with Gasteiger partial charge in [0.15, 0.2) is 0 Å². The van der Waals surface area contributed by atoms with Crippen molar-refractivity contribution in [3.8, 4) is 5.75 Å². The minimum atomic E-state index is -0.208. The summed E-state index contributed by atoms with van der Waals surface area (Å²) in [6.45, 7) is 0. The summed E-state index contributed by atoms with van der Waals surface area (Å²) in [5, 5.41) is 0. The van der Waals surface area contributed by atoms with Gasteiger partial charge in [-0.3, -0.25) is 4.79 Å². The molecule has 0 unspecified atom stereocenters. The first-order valence-electron chi connectivity index (χ1n) is 4.56. The highest BCUT2D eigenvalue weighted by Crippen LogP contribution is 2.24. The second kappa shape index (κ2) is 5.75. The maximum Gasteiger partial charge on any atom is 0.305 e. The molecule has 0 radical (unpaired) electrons. The molecule has 1 rings (SSSR count). The SMILES string of the molecule is COC(=O)CCc1ccc(Br)cc1OC. The molecule has 4 heteroatoms. The highest BCUT2D eigenvalue weighted by molar-refractivity contribution is 9.10. The summed E-state index contributed by atoms with van der Waals surface area (Å²) < 4.78 is 10.7. The zero-order valence-electron chi connectivity index (χ0n) is 8.75. The maximum absolute atomic E-state index is 11.0. The third-order valence-electron chi connectivity index (χ3n) is 2.08. The van der Waals surface area contributed by atoms with E-state index in [1.807, 2.05) is 18.2 Å². The Hall–Kier alpha value is -1.03. The molecule has 15 heavy (non-hydrogen) atoms. The summed E-state index contributed by atoms with van der Waals surface area (Å²) >= 11 is 3.36. The van der Waals surface area contributed by atoms with Gasteiger partial charge >= 0.3 is 5.97 Å². The van der Waals surface area contributed by atoms with Crippen molar-refractivity contribution in [2.24, 2.45) is 0 Å². The van der Waals surface area contributed by atoms with Crippen molar-refractivity contribution in [2.45, 2.75) is 12.8 Å². The molecule has 82 valence electrons. The summed E-state index contributed by atoms with van der Waals surface area (Å²) in [5.74, 6) is 0.577. The molecule has 1 aromatic rings. The summed E-state index contributed by atoms with van der Waals surface area (Å²) in [5.41, 5.74) is 1.01. The third-order valence-corrected chi connectivity index (χ3v) is 2.57. The van der Waals surface area contributed by atoms with Crippen molar-refractivity contribution in [2.75, 3.05) is 14.2 Å². The first-order chi connectivity index (χ1) is 7.17. The van der Waals surface area contributed by atoms with Gasteiger partial charge < -0.3 is 9.47 Å². The minimum Gasteiger partial charge on any atom is -0.496 e. The Morgan fingerprint density at radius 2 is 2.13 bits per heavy atom. The van der Waals surface area contributed by atoms with Gasteiger partial charge in [0.2, 0.25) is 0 Å². The van der Waals surface area contributed by atoms with Gasteiger partial charge in [0, 0.05) is 10.9 Å². The average molecular weight is 273 g/mol. The molecule has 0 fully saturated rings. The van der Waals surface area contributed by atoms with Gasteiger partial charge in [0.1, 0.15) is 5.75 Å². The molecular weight excluding hydrogens is 260 g/mol. The van der Waals surface area contributed by atoms with Crippen LogP contribution in [0.15, 0.2) is 22.7 Å². The Morgan fingerprint density at radius 1 is 1.40 bits per heavy atom. The van der Waals surface area contributed by atoms with Crippen molar-refractivity contribution in [3.05, 3.63) is 28.2 Å². The number of hydrogen-bond acceptors (Lipinski definition) is 3. The summed E-state index contributed by atoms with van der Waals surface area (Å²) in [6, 6.07) is 5.74. The van der Waals surface area contributed by atoms with Crippen LogP contribution < -0.4 is 4.74 Å². The fourth-order valence-electron chi connectivity index (χ4n) is 1.26. The van der Waals surface area contributed by atoms with Gasteiger partial charge in [0.05, 0.1) is 14.2 Å². The zero-order chi connectivity index (χ0) is 11.3. The van der Waals surface area contributed by atoms with E-state index in [9.17, 15) is 4.79 Å². The monoisotopic (exact) mass is 272 g/mol. The fraction of sp³-hybridized carbons (Fsp3) is 0.364. The second-order valence-corrected chi connectivity index (χ2v) is 3.95. The molecular formula is C11H13BrO3. The molecule has 3 nitrogen and oxygen atoms in total. The number of carbonyl (C=O) groups excluding carboxylic acids is 1. The molecule has 0 spiro atoms. The largest absolute Gasteiger partial charge is 0.496 e. The number of ether oxygens (including phenoxy) is 2. The molecule has 0 aromatic heterocycles. The van der Waals surface area contributed by atoms with Gasteiger partial charge in [-0.1, -0.05) is 22.0 Å². The molecule has 0 amide bonds. The van der Waals surface area contributed by atoms with Gasteiger partial charge in [-0.25, -0.2) is 0 Å². The first-order valence-corrected chi connectivity index (χ1v) is 5.36. The van der Waals surface area contributed by atoms with E-state index in [0.717, 1.165) is 15.8 Å². The summed E-state index contributed by atoms with van der Waals surface area (Å²) in [4.78, 5) is 11.0. The van der Waals surface area contributed by atoms with Crippen molar-refractivity contribution >= 4 is 21.9 Å². The topological polar surface area (TPSA) is 35.5 Å². The van der Waals surface area contributed by atoms with E-state index in [-0.39, 0.29) is 5.97 Å². The second-order valence-electron chi connectivity index (χ2n) is 3.03. The van der Waals surface area contributed by atoms with Gasteiger partial charge in [-0.15, -0.1) is 0 Å². The van der Waals surface area contributed by atoms with E-state index >= 15 is 0 Å². The van der Waals surface area contributed by atoms with Crippen molar-refractivity contribution in [1.82, 2.24) is 0 Å². The lowest BCUT2D eigenvalue weighted by Crippen LogP contribution is -2.02. The van der Waals surface area contributed by atoms with Crippen molar-refractivity contribution in [1.29, 1.82) is 0 Å². The number of halogens is 1. The number of aryl methyl sites for hydroxylation is 1. The van der Waals surface area contributed by atoms with Crippen LogP contribution in [-0.2, 0) is 16.0 Å². The third kappa shape index (κ3) is 3.55. The Morgan fingerprint density at radius 3 is 2.73 bits per heavy atom. The van der Waals surface area contributed by atoms with E-state index in [2.05, 4.69) is 20.7 Å². The number of hydrogen-bond donors (Lipinski definition) is 0. The normalized spacial score (nSPS) is 9.80. The summed E-state index contributed by atoms with van der Waals surface area (Å²) in [6.07, 6.45) is 0.998. The highest BCUT2D eigenvalue weighted by Gasteiger charge is 2.06. The number of methoxy groups -OCH3 is 2. The molecule has 0 heterocycles. The van der Waals surface area contributed by atoms with E-state index < -0.39 is 0 Å². The Bertz CT molecular complexity index is 350. The van der Waals surface area contributed by atoms with Gasteiger partial charge in [0.25, 0.3) is 0 Å². The Balaban J connectivity index is 2.72. The Kier molecular flexibility index (Phi) is 4.62. The highest BCUT2D eigenvalue weighted by atomic mass is 79.9. The zero-order valence-corrected chi connectivity index (χ0v) is 10.3. The molecule has 0 aliphatic carbocycles. The van der Waals surface area contributed by atoms with E-state index in [1.54, 1.807) is 7.11 Å². The van der Waals surface area contributed by atoms with E-state index in [4.69, 9.17) is 4.74 Å². The van der Waals surface area contributed by atoms with Crippen LogP contribution in [0, 0.1) is 0 Å². The molecule has 0 saturated carbocycles. The quantitative estimate of drug-likeness (QED) is 0.791. The minimum absolute atomic E-state index is 0.208. The van der Waals surface area contributed by atoms with E-state index in [1.165, 1.54) is 7.11 Å². The number of esters is 1. The molecule has 0 saturated heterocycles. The Labute approximate surface area is 97.5 Å². The predicted octanol–water partition coefficient (Wildman–Crippen LogP) is 2.56. The van der Waals surface area contributed by atoms with Crippen LogP contribution in [0.25, 0.3) is 0 Å². The maximum atomic E-state index is 11.0. The van der Waals surface area contributed by atoms with Crippen LogP contribution in [0.1, 0.15) is 12.0 Å². The van der Waals surface area contributed by atoms with Crippen molar-refractivity contribution in [3.63, 3.8) is 0 Å². The van der Waals surface area contributed by atoms with Crippen LogP contribution in [0.3, 0.4) is 0 Å². The molecule has 0 aliphatic rings. The first kappa shape index (κ1) is 12.0. The lowest BCUT2D eigenvalue weighted by molar-refractivity contribution is -0.140. The number of rotatable bonds is 4. The molecule has 0 aliphatic heterocycles. The van der Waals surface area contributed by atoms with Crippen LogP contribution in [0.5, 0.6) is 5.75 Å². The predicted molar refractivity (Wildman–Crippen MR) is 61.0 cm³/mol.